The van der Waals surface area contributed by atoms with Crippen molar-refractivity contribution in [2.45, 2.75) is 25.8 Å². The van der Waals surface area contributed by atoms with E-state index >= 15 is 0 Å². The first-order valence-electron chi connectivity index (χ1n) is 3.26. The average molecular weight is 122 g/mol. The SMILES string of the molecule is [c]1nc2n(n1)CCCC2. The normalized spacial score (nSPS) is 17.3. The van der Waals surface area contributed by atoms with E-state index in [9.17, 15) is 0 Å². The summed E-state index contributed by atoms with van der Waals surface area (Å²) in [6.07, 6.45) is 6.18. The lowest BCUT2D eigenvalue weighted by atomic mass is 10.2. The molecule has 9 heavy (non-hydrogen) atoms. The Morgan fingerprint density at radius 3 is 3.33 bits per heavy atom. The number of rotatable bonds is 0. The smallest absolute Gasteiger partial charge is 0.221 e. The Bertz CT molecular complexity index is 183. The molecular formula is C6H8N3. The van der Waals surface area contributed by atoms with Crippen molar-refractivity contribution in [2.24, 2.45) is 0 Å². The number of aryl methyl sites for hydroxylation is 2. The molecule has 1 aromatic heterocycles. The highest BCUT2D eigenvalue weighted by molar-refractivity contribution is 4.86. The second-order valence-corrected chi connectivity index (χ2v) is 2.31. The molecule has 0 saturated carbocycles. The first-order chi connectivity index (χ1) is 4.47. The van der Waals surface area contributed by atoms with E-state index in [-0.39, 0.29) is 0 Å². The van der Waals surface area contributed by atoms with Crippen LogP contribution in [0.4, 0.5) is 0 Å². The molecule has 0 amide bonds. The van der Waals surface area contributed by atoms with Gasteiger partial charge in [0.25, 0.3) is 0 Å². The molecule has 0 unspecified atom stereocenters. The lowest BCUT2D eigenvalue weighted by molar-refractivity contribution is 0.479. The fraction of sp³-hybridized carbons (Fsp3) is 0.667. The number of hydrogen-bond acceptors (Lipinski definition) is 2. The molecule has 0 aromatic carbocycles. The summed E-state index contributed by atoms with van der Waals surface area (Å²) in [5, 5.41) is 3.94. The second kappa shape index (κ2) is 1.83. The molecule has 0 spiro atoms. The molecular weight excluding hydrogens is 114 g/mol. The van der Waals surface area contributed by atoms with Gasteiger partial charge in [-0.15, -0.1) is 5.10 Å². The van der Waals surface area contributed by atoms with E-state index in [1.54, 1.807) is 0 Å². The van der Waals surface area contributed by atoms with Crippen LogP contribution in [0.5, 0.6) is 0 Å². The third-order valence-electron chi connectivity index (χ3n) is 1.66. The molecule has 1 radical (unpaired) electrons. The third kappa shape index (κ3) is 0.724. The Morgan fingerprint density at radius 1 is 1.44 bits per heavy atom. The molecule has 0 aliphatic carbocycles. The van der Waals surface area contributed by atoms with E-state index in [0.29, 0.717) is 0 Å². The van der Waals surface area contributed by atoms with Crippen molar-refractivity contribution in [2.75, 3.05) is 0 Å². The predicted octanol–water partition coefficient (Wildman–Crippen LogP) is 0.415. The van der Waals surface area contributed by atoms with Crippen LogP contribution in [0.15, 0.2) is 0 Å². The van der Waals surface area contributed by atoms with Crippen LogP contribution in [-0.2, 0) is 13.0 Å². The summed E-state index contributed by atoms with van der Waals surface area (Å²) in [5.74, 6) is 1.10. The van der Waals surface area contributed by atoms with Crippen LogP contribution in [0.25, 0.3) is 0 Å². The molecule has 0 atom stereocenters. The van der Waals surface area contributed by atoms with E-state index in [1.807, 2.05) is 4.68 Å². The quantitative estimate of drug-likeness (QED) is 0.499. The number of hydrogen-bond donors (Lipinski definition) is 0. The van der Waals surface area contributed by atoms with Crippen LogP contribution < -0.4 is 0 Å². The summed E-state index contributed by atoms with van der Waals surface area (Å²) >= 11 is 0. The van der Waals surface area contributed by atoms with Gasteiger partial charge in [-0.2, -0.15) is 0 Å². The molecule has 3 nitrogen and oxygen atoms in total. The zero-order valence-electron chi connectivity index (χ0n) is 5.17. The molecule has 2 heterocycles. The molecule has 3 heteroatoms. The summed E-state index contributed by atoms with van der Waals surface area (Å²) in [6.45, 7) is 1.03. The molecule has 47 valence electrons. The third-order valence-corrected chi connectivity index (χ3v) is 1.66. The molecule has 0 fully saturated rings. The number of nitrogens with zero attached hydrogens (tertiary/aromatic N) is 3. The van der Waals surface area contributed by atoms with Crippen molar-refractivity contribution in [3.05, 3.63) is 12.2 Å². The summed E-state index contributed by atoms with van der Waals surface area (Å²) in [5.41, 5.74) is 0. The van der Waals surface area contributed by atoms with Gasteiger partial charge in [-0.1, -0.05) is 0 Å². The summed E-state index contributed by atoms with van der Waals surface area (Å²) in [4.78, 5) is 3.98. The van der Waals surface area contributed by atoms with Crippen molar-refractivity contribution in [1.29, 1.82) is 0 Å². The van der Waals surface area contributed by atoms with E-state index in [1.165, 1.54) is 12.8 Å². The zero-order valence-corrected chi connectivity index (χ0v) is 5.17. The van der Waals surface area contributed by atoms with Gasteiger partial charge < -0.3 is 0 Å². The summed E-state index contributed by atoms with van der Waals surface area (Å²) < 4.78 is 1.93. The Morgan fingerprint density at radius 2 is 2.44 bits per heavy atom. The van der Waals surface area contributed by atoms with Gasteiger partial charge >= 0.3 is 0 Å². The van der Waals surface area contributed by atoms with Gasteiger partial charge in [-0.3, -0.25) is 0 Å². The fourth-order valence-corrected chi connectivity index (χ4v) is 1.16. The molecule has 0 N–H and O–H groups in total. The molecule has 1 aliphatic heterocycles. The van der Waals surface area contributed by atoms with Crippen molar-refractivity contribution in [3.8, 4) is 0 Å². The van der Waals surface area contributed by atoms with Crippen LogP contribution in [-0.4, -0.2) is 14.8 Å². The van der Waals surface area contributed by atoms with Crippen LogP contribution in [0, 0.1) is 6.33 Å². The largest absolute Gasteiger partial charge is 0.249 e. The van der Waals surface area contributed by atoms with Gasteiger partial charge in [0.1, 0.15) is 5.82 Å². The van der Waals surface area contributed by atoms with Gasteiger partial charge in [-0.05, 0) is 12.8 Å². The maximum absolute atomic E-state index is 3.98. The second-order valence-electron chi connectivity index (χ2n) is 2.31. The van der Waals surface area contributed by atoms with Crippen LogP contribution in [0.1, 0.15) is 18.7 Å². The molecule has 1 aliphatic rings. The Kier molecular flexibility index (Phi) is 1.01. The minimum absolute atomic E-state index is 1.03. The van der Waals surface area contributed by atoms with Crippen molar-refractivity contribution in [3.63, 3.8) is 0 Å². The average Bonchev–Trinajstić information content (AvgIpc) is 2.33. The fourth-order valence-electron chi connectivity index (χ4n) is 1.16. The van der Waals surface area contributed by atoms with Crippen LogP contribution >= 0.6 is 0 Å². The monoisotopic (exact) mass is 122 g/mol. The highest BCUT2D eigenvalue weighted by atomic mass is 15.3. The summed E-state index contributed by atoms with van der Waals surface area (Å²) in [6, 6.07) is 0. The summed E-state index contributed by atoms with van der Waals surface area (Å²) in [7, 11) is 0. The molecule has 0 bridgehead atoms. The van der Waals surface area contributed by atoms with Crippen LogP contribution in [0.3, 0.4) is 0 Å². The highest BCUT2D eigenvalue weighted by Crippen LogP contribution is 2.08. The van der Waals surface area contributed by atoms with E-state index in [0.717, 1.165) is 18.8 Å². The van der Waals surface area contributed by atoms with Gasteiger partial charge in [0.2, 0.25) is 6.33 Å². The van der Waals surface area contributed by atoms with Crippen molar-refractivity contribution < 1.29 is 0 Å². The van der Waals surface area contributed by atoms with Crippen molar-refractivity contribution >= 4 is 0 Å². The van der Waals surface area contributed by atoms with Crippen molar-refractivity contribution in [1.82, 2.24) is 14.8 Å². The van der Waals surface area contributed by atoms with Crippen LogP contribution in [0.2, 0.25) is 0 Å². The van der Waals surface area contributed by atoms with Gasteiger partial charge in [0.15, 0.2) is 0 Å². The molecule has 1 aromatic rings. The lowest BCUT2D eigenvalue weighted by Crippen LogP contribution is -2.11. The number of aromatic nitrogens is 3. The van der Waals surface area contributed by atoms with Gasteiger partial charge in [0.05, 0.1) is 0 Å². The maximum atomic E-state index is 3.98. The maximum Gasteiger partial charge on any atom is 0.221 e. The zero-order chi connectivity index (χ0) is 6.10. The Labute approximate surface area is 53.7 Å². The van der Waals surface area contributed by atoms with E-state index < -0.39 is 0 Å². The first kappa shape index (κ1) is 4.97. The van der Waals surface area contributed by atoms with Gasteiger partial charge in [-0.25, -0.2) is 9.67 Å². The Balaban J connectivity index is 2.39. The van der Waals surface area contributed by atoms with E-state index in [2.05, 4.69) is 16.4 Å². The minimum Gasteiger partial charge on any atom is -0.249 e. The van der Waals surface area contributed by atoms with Gasteiger partial charge in [0, 0.05) is 13.0 Å². The standard InChI is InChI=1S/C6H8N3/c1-2-4-9-6(3-1)7-5-8-9/h1-4H2. The molecule has 2 rings (SSSR count). The molecule has 0 saturated heterocycles. The van der Waals surface area contributed by atoms with E-state index in [4.69, 9.17) is 0 Å². The highest BCUT2D eigenvalue weighted by Gasteiger charge is 2.08. The predicted molar refractivity (Wildman–Crippen MR) is 31.8 cm³/mol. The lowest BCUT2D eigenvalue weighted by Gasteiger charge is -2.09. The number of fused-ring (bicyclic) bond motifs is 1. The first-order valence-corrected chi connectivity index (χ1v) is 3.26. The Hall–Kier alpha value is -0.860. The minimum atomic E-state index is 1.03. The topological polar surface area (TPSA) is 30.7 Å².